The molecule has 0 amide bonds. The van der Waals surface area contributed by atoms with Crippen LogP contribution in [0.25, 0.3) is 0 Å². The van der Waals surface area contributed by atoms with Gasteiger partial charge in [0.25, 0.3) is 0 Å². The van der Waals surface area contributed by atoms with Crippen molar-refractivity contribution < 1.29 is 0 Å². The Morgan fingerprint density at radius 2 is 1.89 bits per heavy atom. The Labute approximate surface area is 117 Å². The van der Waals surface area contributed by atoms with E-state index >= 15 is 0 Å². The van der Waals surface area contributed by atoms with Gasteiger partial charge in [-0.15, -0.1) is 0 Å². The van der Waals surface area contributed by atoms with Gasteiger partial charge >= 0.3 is 0 Å². The maximum absolute atomic E-state index is 4.64. The highest BCUT2D eigenvalue weighted by Gasteiger charge is 2.14. The maximum atomic E-state index is 4.64. The summed E-state index contributed by atoms with van der Waals surface area (Å²) in [5.41, 5.74) is 0. The van der Waals surface area contributed by atoms with Gasteiger partial charge in [0, 0.05) is 32.1 Å². The lowest BCUT2D eigenvalue weighted by Crippen LogP contribution is -2.31. The SMILES string of the molecule is CCNc1cc(N(C)C(C)CC(C)C)nc(CC)n1. The van der Waals surface area contributed by atoms with Crippen molar-refractivity contribution in [3.63, 3.8) is 0 Å². The first kappa shape index (κ1) is 15.7. The summed E-state index contributed by atoms with van der Waals surface area (Å²) in [6.45, 7) is 11.8. The van der Waals surface area contributed by atoms with Crippen LogP contribution >= 0.6 is 0 Å². The molecule has 0 radical (unpaired) electrons. The second-order valence-corrected chi connectivity index (χ2v) is 5.50. The Bertz CT molecular complexity index is 390. The first-order valence-electron chi connectivity index (χ1n) is 7.32. The van der Waals surface area contributed by atoms with Crippen molar-refractivity contribution in [3.05, 3.63) is 11.9 Å². The molecule has 4 nitrogen and oxygen atoms in total. The van der Waals surface area contributed by atoms with Crippen molar-refractivity contribution in [2.24, 2.45) is 5.92 Å². The van der Waals surface area contributed by atoms with Crippen LogP contribution in [0.4, 0.5) is 11.6 Å². The van der Waals surface area contributed by atoms with Gasteiger partial charge < -0.3 is 10.2 Å². The fourth-order valence-electron chi connectivity index (χ4n) is 2.16. The zero-order chi connectivity index (χ0) is 14.4. The molecule has 0 fully saturated rings. The Hall–Kier alpha value is -1.32. The molecule has 1 rings (SSSR count). The monoisotopic (exact) mass is 264 g/mol. The van der Waals surface area contributed by atoms with E-state index in [-0.39, 0.29) is 0 Å². The molecule has 0 bridgehead atoms. The molecule has 1 atom stereocenters. The van der Waals surface area contributed by atoms with Crippen LogP contribution in [0.1, 0.15) is 46.9 Å². The fourth-order valence-corrected chi connectivity index (χ4v) is 2.16. The summed E-state index contributed by atoms with van der Waals surface area (Å²) >= 11 is 0. The highest BCUT2D eigenvalue weighted by Crippen LogP contribution is 2.20. The van der Waals surface area contributed by atoms with E-state index in [2.05, 4.69) is 61.9 Å². The predicted molar refractivity (Wildman–Crippen MR) is 82.9 cm³/mol. The van der Waals surface area contributed by atoms with Gasteiger partial charge in [0.15, 0.2) is 0 Å². The molecule has 0 aliphatic heterocycles. The van der Waals surface area contributed by atoms with Crippen LogP contribution in [-0.2, 0) is 6.42 Å². The van der Waals surface area contributed by atoms with Crippen molar-refractivity contribution >= 4 is 11.6 Å². The minimum absolute atomic E-state index is 0.481. The molecule has 1 aromatic rings. The normalized spacial score (nSPS) is 12.6. The van der Waals surface area contributed by atoms with E-state index < -0.39 is 0 Å². The second kappa shape index (κ2) is 7.31. The predicted octanol–water partition coefficient (Wildman–Crippen LogP) is 3.34. The van der Waals surface area contributed by atoms with E-state index in [1.165, 1.54) is 6.42 Å². The summed E-state index contributed by atoms with van der Waals surface area (Å²) in [5, 5.41) is 3.28. The van der Waals surface area contributed by atoms with Gasteiger partial charge in [-0.1, -0.05) is 20.8 Å². The lowest BCUT2D eigenvalue weighted by molar-refractivity contribution is 0.501. The zero-order valence-electron chi connectivity index (χ0n) is 13.2. The molecule has 1 N–H and O–H groups in total. The quantitative estimate of drug-likeness (QED) is 0.820. The topological polar surface area (TPSA) is 41.0 Å². The summed E-state index contributed by atoms with van der Waals surface area (Å²) in [7, 11) is 2.12. The minimum Gasteiger partial charge on any atom is -0.370 e. The maximum Gasteiger partial charge on any atom is 0.134 e. The van der Waals surface area contributed by atoms with E-state index in [0.29, 0.717) is 12.0 Å². The summed E-state index contributed by atoms with van der Waals surface area (Å²) in [6.07, 6.45) is 2.02. The molecule has 0 saturated carbocycles. The van der Waals surface area contributed by atoms with E-state index in [9.17, 15) is 0 Å². The average molecular weight is 264 g/mol. The van der Waals surface area contributed by atoms with Crippen molar-refractivity contribution in [1.82, 2.24) is 9.97 Å². The number of rotatable bonds is 7. The van der Waals surface area contributed by atoms with E-state index in [4.69, 9.17) is 0 Å². The third-order valence-electron chi connectivity index (χ3n) is 3.27. The van der Waals surface area contributed by atoms with Crippen LogP contribution in [0.2, 0.25) is 0 Å². The Morgan fingerprint density at radius 1 is 1.21 bits per heavy atom. The lowest BCUT2D eigenvalue weighted by Gasteiger charge is -2.28. The fraction of sp³-hybridized carbons (Fsp3) is 0.733. The van der Waals surface area contributed by atoms with Crippen LogP contribution in [-0.4, -0.2) is 29.6 Å². The summed E-state index contributed by atoms with van der Waals surface area (Å²) < 4.78 is 0. The standard InChI is InChI=1S/C15H28N4/c1-7-13-17-14(16-8-2)10-15(18-13)19(6)12(5)9-11(3)4/h10-12H,7-9H2,1-6H3,(H,16,17,18). The molecule has 19 heavy (non-hydrogen) atoms. The number of anilines is 2. The molecule has 0 aliphatic rings. The van der Waals surface area contributed by atoms with Crippen LogP contribution in [0.5, 0.6) is 0 Å². The lowest BCUT2D eigenvalue weighted by atomic mass is 10.0. The Balaban J connectivity index is 2.94. The van der Waals surface area contributed by atoms with Crippen molar-refractivity contribution in [2.45, 2.75) is 53.5 Å². The van der Waals surface area contributed by atoms with E-state index in [1.807, 2.05) is 6.07 Å². The first-order chi connectivity index (χ1) is 8.97. The Kier molecular flexibility index (Phi) is 6.06. The van der Waals surface area contributed by atoms with Crippen molar-refractivity contribution in [3.8, 4) is 0 Å². The average Bonchev–Trinajstić information content (AvgIpc) is 2.37. The van der Waals surface area contributed by atoms with Crippen molar-refractivity contribution in [1.29, 1.82) is 0 Å². The van der Waals surface area contributed by atoms with Gasteiger partial charge in [-0.3, -0.25) is 0 Å². The summed E-state index contributed by atoms with van der Waals surface area (Å²) in [5.74, 6) is 3.53. The molecule has 1 heterocycles. The third-order valence-corrected chi connectivity index (χ3v) is 3.27. The second-order valence-electron chi connectivity index (χ2n) is 5.50. The van der Waals surface area contributed by atoms with Crippen molar-refractivity contribution in [2.75, 3.05) is 23.8 Å². The molecule has 1 unspecified atom stereocenters. The first-order valence-corrected chi connectivity index (χ1v) is 7.32. The number of hydrogen-bond acceptors (Lipinski definition) is 4. The number of aromatic nitrogens is 2. The highest BCUT2D eigenvalue weighted by molar-refractivity contribution is 5.49. The summed E-state index contributed by atoms with van der Waals surface area (Å²) in [6, 6.07) is 2.52. The molecule has 4 heteroatoms. The number of nitrogens with one attached hydrogen (secondary N) is 1. The van der Waals surface area contributed by atoms with Gasteiger partial charge in [-0.2, -0.15) is 0 Å². The molecule has 0 aliphatic carbocycles. The van der Waals surface area contributed by atoms with E-state index in [0.717, 1.165) is 30.4 Å². The van der Waals surface area contributed by atoms with Gasteiger partial charge in [-0.05, 0) is 26.2 Å². The molecular formula is C15H28N4. The number of aryl methyl sites for hydroxylation is 1. The van der Waals surface area contributed by atoms with E-state index in [1.54, 1.807) is 0 Å². The van der Waals surface area contributed by atoms with Crippen LogP contribution in [0, 0.1) is 5.92 Å². The molecule has 1 aromatic heterocycles. The number of nitrogens with zero attached hydrogens (tertiary/aromatic N) is 3. The number of hydrogen-bond donors (Lipinski definition) is 1. The molecular weight excluding hydrogens is 236 g/mol. The molecule has 0 saturated heterocycles. The van der Waals surface area contributed by atoms with Crippen LogP contribution in [0.3, 0.4) is 0 Å². The van der Waals surface area contributed by atoms with Gasteiger partial charge in [0.1, 0.15) is 17.5 Å². The largest absolute Gasteiger partial charge is 0.370 e. The van der Waals surface area contributed by atoms with Crippen LogP contribution < -0.4 is 10.2 Å². The minimum atomic E-state index is 0.481. The highest BCUT2D eigenvalue weighted by atomic mass is 15.2. The zero-order valence-corrected chi connectivity index (χ0v) is 13.2. The van der Waals surface area contributed by atoms with Crippen LogP contribution in [0.15, 0.2) is 6.07 Å². The molecule has 0 aromatic carbocycles. The smallest absolute Gasteiger partial charge is 0.134 e. The Morgan fingerprint density at radius 3 is 2.42 bits per heavy atom. The summed E-state index contributed by atoms with van der Waals surface area (Å²) in [4.78, 5) is 11.4. The third kappa shape index (κ3) is 4.69. The molecule has 0 spiro atoms. The van der Waals surface area contributed by atoms with Gasteiger partial charge in [0.05, 0.1) is 0 Å². The van der Waals surface area contributed by atoms with Gasteiger partial charge in [-0.25, -0.2) is 9.97 Å². The van der Waals surface area contributed by atoms with Gasteiger partial charge in [0.2, 0.25) is 0 Å². The molecule has 108 valence electrons.